The summed E-state index contributed by atoms with van der Waals surface area (Å²) >= 11 is 0. The van der Waals surface area contributed by atoms with Crippen LogP contribution in [0.25, 0.3) is 23.1 Å². The predicted molar refractivity (Wildman–Crippen MR) is 96.8 cm³/mol. The number of aryl methyl sites for hydroxylation is 1. The summed E-state index contributed by atoms with van der Waals surface area (Å²) in [5.41, 5.74) is 3.92. The maximum Gasteiger partial charge on any atom is 0.134 e. The number of para-hydroxylation sites is 1. The van der Waals surface area contributed by atoms with E-state index in [-0.39, 0.29) is 0 Å². The van der Waals surface area contributed by atoms with Crippen LogP contribution in [-0.4, -0.2) is 0 Å². The van der Waals surface area contributed by atoms with Gasteiger partial charge in [0.1, 0.15) is 11.3 Å². The number of hydrogen-bond donors (Lipinski definition) is 0. The summed E-state index contributed by atoms with van der Waals surface area (Å²) in [4.78, 5) is 0. The van der Waals surface area contributed by atoms with Crippen LogP contribution in [0.4, 0.5) is 0 Å². The van der Waals surface area contributed by atoms with Crippen LogP contribution in [0, 0.1) is 0 Å². The van der Waals surface area contributed by atoms with Crippen LogP contribution >= 0.6 is 0 Å². The summed E-state index contributed by atoms with van der Waals surface area (Å²) in [5, 5.41) is 3.71. The minimum absolute atomic E-state index is 0.388. The first kappa shape index (κ1) is 14.3. The third-order valence-corrected chi connectivity index (χ3v) is 5.13. The Morgan fingerprint density at radius 3 is 2.74 bits per heavy atom. The highest BCUT2D eigenvalue weighted by Crippen LogP contribution is 2.42. The number of hydrogen-bond acceptors (Lipinski definition) is 1. The second-order valence-electron chi connectivity index (χ2n) is 6.42. The van der Waals surface area contributed by atoms with Gasteiger partial charge in [0.05, 0.1) is 0 Å². The minimum atomic E-state index is 0.388. The third kappa shape index (κ3) is 2.31. The molecule has 3 aromatic rings. The van der Waals surface area contributed by atoms with Crippen LogP contribution in [0.2, 0.25) is 0 Å². The van der Waals surface area contributed by atoms with Crippen LogP contribution in [0.15, 0.2) is 52.9 Å². The smallest absolute Gasteiger partial charge is 0.134 e. The molecule has 0 fully saturated rings. The number of furan rings is 1. The van der Waals surface area contributed by atoms with Gasteiger partial charge in [0.2, 0.25) is 0 Å². The Balaban J connectivity index is 1.97. The predicted octanol–water partition coefficient (Wildman–Crippen LogP) is 4.52. The van der Waals surface area contributed by atoms with Gasteiger partial charge in [-0.3, -0.25) is 0 Å². The van der Waals surface area contributed by atoms with Crippen molar-refractivity contribution < 1.29 is 4.42 Å². The average molecular weight is 302 g/mol. The van der Waals surface area contributed by atoms with Crippen molar-refractivity contribution in [3.05, 3.63) is 70.3 Å². The van der Waals surface area contributed by atoms with Crippen molar-refractivity contribution in [1.82, 2.24) is 0 Å². The first-order valence-corrected chi connectivity index (χ1v) is 8.57. The topological polar surface area (TPSA) is 13.1 Å². The Morgan fingerprint density at radius 1 is 1.13 bits per heavy atom. The Hall–Kier alpha value is -2.28. The molecule has 1 heterocycles. The van der Waals surface area contributed by atoms with Gasteiger partial charge >= 0.3 is 0 Å². The molecule has 1 atom stereocenters. The summed E-state index contributed by atoms with van der Waals surface area (Å²) in [6.07, 6.45) is 4.56. The molecule has 0 radical (unpaired) electrons. The maximum atomic E-state index is 6.31. The highest BCUT2D eigenvalue weighted by molar-refractivity contribution is 5.83. The fraction of sp³-hybridized carbons (Fsp3) is 0.273. The second kappa shape index (κ2) is 5.73. The summed E-state index contributed by atoms with van der Waals surface area (Å²) in [6, 6.07) is 16.9. The van der Waals surface area contributed by atoms with E-state index in [1.165, 1.54) is 40.3 Å². The van der Waals surface area contributed by atoms with Gasteiger partial charge in [-0.15, -0.1) is 0 Å². The van der Waals surface area contributed by atoms with Crippen molar-refractivity contribution in [2.24, 2.45) is 0 Å². The second-order valence-corrected chi connectivity index (χ2v) is 6.42. The molecule has 0 spiro atoms. The monoisotopic (exact) mass is 302 g/mol. The lowest BCUT2D eigenvalue weighted by atomic mass is 9.80. The SMILES string of the molecule is C=c1cccc/c1=C(/CC)C1CCCc2c1oc1ccccc21. The van der Waals surface area contributed by atoms with Gasteiger partial charge in [-0.2, -0.15) is 0 Å². The van der Waals surface area contributed by atoms with Crippen LogP contribution in [0.5, 0.6) is 0 Å². The van der Waals surface area contributed by atoms with Crippen molar-refractivity contribution in [3.8, 4) is 0 Å². The van der Waals surface area contributed by atoms with Crippen LogP contribution in [0.1, 0.15) is 43.4 Å². The van der Waals surface area contributed by atoms with E-state index in [0.717, 1.165) is 23.6 Å². The van der Waals surface area contributed by atoms with E-state index in [1.54, 1.807) is 0 Å². The Bertz CT molecular complexity index is 961. The van der Waals surface area contributed by atoms with E-state index in [0.29, 0.717) is 5.92 Å². The molecule has 1 aromatic heterocycles. The van der Waals surface area contributed by atoms with Gasteiger partial charge in [0, 0.05) is 16.9 Å². The summed E-state index contributed by atoms with van der Waals surface area (Å²) in [6.45, 7) is 6.48. The zero-order valence-corrected chi connectivity index (χ0v) is 13.6. The third-order valence-electron chi connectivity index (χ3n) is 5.13. The molecule has 23 heavy (non-hydrogen) atoms. The minimum Gasteiger partial charge on any atom is -0.460 e. The zero-order valence-electron chi connectivity index (χ0n) is 13.6. The fourth-order valence-electron chi connectivity index (χ4n) is 4.06. The number of fused-ring (bicyclic) bond motifs is 3. The number of benzene rings is 2. The fourth-order valence-corrected chi connectivity index (χ4v) is 4.06. The highest BCUT2D eigenvalue weighted by Gasteiger charge is 2.28. The van der Waals surface area contributed by atoms with Crippen molar-refractivity contribution in [2.75, 3.05) is 0 Å². The van der Waals surface area contributed by atoms with Crippen LogP contribution in [0.3, 0.4) is 0 Å². The maximum absolute atomic E-state index is 6.31. The zero-order chi connectivity index (χ0) is 15.8. The van der Waals surface area contributed by atoms with Crippen molar-refractivity contribution in [3.63, 3.8) is 0 Å². The molecule has 0 bridgehead atoms. The normalized spacial score (nSPS) is 18.7. The Kier molecular flexibility index (Phi) is 3.57. The first-order chi connectivity index (χ1) is 11.3. The van der Waals surface area contributed by atoms with E-state index in [1.807, 2.05) is 0 Å². The molecule has 4 rings (SSSR count). The number of rotatable bonds is 2. The summed E-state index contributed by atoms with van der Waals surface area (Å²) < 4.78 is 6.31. The molecular weight excluding hydrogens is 280 g/mol. The van der Waals surface area contributed by atoms with E-state index < -0.39 is 0 Å². The lowest BCUT2D eigenvalue weighted by Crippen LogP contribution is -2.28. The quantitative estimate of drug-likeness (QED) is 0.678. The molecular formula is C22H22O. The van der Waals surface area contributed by atoms with E-state index >= 15 is 0 Å². The molecule has 0 aliphatic heterocycles. The summed E-state index contributed by atoms with van der Waals surface area (Å²) in [7, 11) is 0. The van der Waals surface area contributed by atoms with Gasteiger partial charge in [0.25, 0.3) is 0 Å². The lowest BCUT2D eigenvalue weighted by molar-refractivity contribution is 0.476. The molecule has 1 heteroatoms. The van der Waals surface area contributed by atoms with Crippen molar-refractivity contribution in [2.45, 2.75) is 38.5 Å². The Morgan fingerprint density at radius 2 is 1.91 bits per heavy atom. The molecule has 2 aromatic carbocycles. The van der Waals surface area contributed by atoms with Gasteiger partial charge < -0.3 is 4.42 Å². The molecule has 1 unspecified atom stereocenters. The molecule has 0 N–H and O–H groups in total. The Labute approximate surface area is 136 Å². The van der Waals surface area contributed by atoms with Crippen molar-refractivity contribution >= 4 is 23.1 Å². The van der Waals surface area contributed by atoms with Gasteiger partial charge in [0.15, 0.2) is 0 Å². The first-order valence-electron chi connectivity index (χ1n) is 8.57. The van der Waals surface area contributed by atoms with E-state index in [2.05, 4.69) is 62.0 Å². The molecule has 1 aliphatic rings. The van der Waals surface area contributed by atoms with Gasteiger partial charge in [-0.05, 0) is 42.2 Å². The molecule has 116 valence electrons. The molecule has 0 saturated carbocycles. The molecule has 0 amide bonds. The van der Waals surface area contributed by atoms with E-state index in [4.69, 9.17) is 4.42 Å². The lowest BCUT2D eigenvalue weighted by Gasteiger charge is -2.23. The van der Waals surface area contributed by atoms with Crippen LogP contribution in [-0.2, 0) is 6.42 Å². The van der Waals surface area contributed by atoms with Gasteiger partial charge in [-0.25, -0.2) is 0 Å². The molecule has 0 saturated heterocycles. The molecule has 1 nitrogen and oxygen atoms in total. The molecule has 1 aliphatic carbocycles. The van der Waals surface area contributed by atoms with Crippen molar-refractivity contribution in [1.29, 1.82) is 0 Å². The average Bonchev–Trinajstić information content (AvgIpc) is 2.97. The van der Waals surface area contributed by atoms with Crippen LogP contribution < -0.4 is 10.4 Å². The highest BCUT2D eigenvalue weighted by atomic mass is 16.3. The van der Waals surface area contributed by atoms with Gasteiger partial charge in [-0.1, -0.05) is 61.5 Å². The van der Waals surface area contributed by atoms with E-state index in [9.17, 15) is 0 Å². The summed E-state index contributed by atoms with van der Waals surface area (Å²) in [5.74, 6) is 1.58. The standard InChI is InChI=1S/C22H22O/c1-3-16(17-10-5-4-9-15(17)2)19-12-8-13-20-18-11-6-7-14-21(18)23-22(19)20/h4-7,9-11,14,19H,2-3,8,12-13H2,1H3/b17-16+. The largest absolute Gasteiger partial charge is 0.460 e.